The molecule has 2 rings (SSSR count). The molecule has 0 aliphatic carbocycles. The van der Waals surface area contributed by atoms with Gasteiger partial charge in [0.2, 0.25) is 0 Å². The Morgan fingerprint density at radius 1 is 1.24 bits per heavy atom. The zero-order valence-corrected chi connectivity index (χ0v) is 11.8. The number of aliphatic hydroxyl groups is 1. The zero-order valence-electron chi connectivity index (χ0n) is 9.39. The lowest BCUT2D eigenvalue weighted by molar-refractivity contribution is 0.111. The number of ether oxygens (including phenoxy) is 1. The van der Waals surface area contributed by atoms with Crippen molar-refractivity contribution in [2.45, 2.75) is 13.0 Å². The average Bonchev–Trinajstić information content (AvgIpc) is 2.75. The summed E-state index contributed by atoms with van der Waals surface area (Å²) < 4.78 is 6.54. The highest BCUT2D eigenvalue weighted by molar-refractivity contribution is 9.10. The Morgan fingerprint density at radius 2 is 1.94 bits per heavy atom. The minimum Gasteiger partial charge on any atom is -0.490 e. The van der Waals surface area contributed by atoms with Crippen molar-refractivity contribution < 1.29 is 9.84 Å². The van der Waals surface area contributed by atoms with Crippen LogP contribution in [0.3, 0.4) is 0 Å². The van der Waals surface area contributed by atoms with Crippen molar-refractivity contribution in [1.82, 2.24) is 0 Å². The maximum absolute atomic E-state index is 9.93. The van der Waals surface area contributed by atoms with Gasteiger partial charge in [-0.15, -0.1) is 11.3 Å². The lowest BCUT2D eigenvalue weighted by Crippen LogP contribution is -2.08. The molecule has 1 aromatic heterocycles. The van der Waals surface area contributed by atoms with Crippen LogP contribution in [0, 0.1) is 6.92 Å². The summed E-state index contributed by atoms with van der Waals surface area (Å²) in [7, 11) is 0. The standard InChI is InChI=1S/C13H13BrO2S/c1-9-2-7-13(17-9)12(15)8-16-11-5-3-10(14)4-6-11/h2-7,12,15H,8H2,1H3. The fraction of sp³-hybridized carbons (Fsp3) is 0.231. The Balaban J connectivity index is 1.92. The van der Waals surface area contributed by atoms with Crippen LogP contribution < -0.4 is 4.74 Å². The van der Waals surface area contributed by atoms with Crippen molar-refractivity contribution in [2.75, 3.05) is 6.61 Å². The Bertz CT molecular complexity index is 478. The highest BCUT2D eigenvalue weighted by Crippen LogP contribution is 2.24. The number of halogens is 1. The van der Waals surface area contributed by atoms with Gasteiger partial charge >= 0.3 is 0 Å². The summed E-state index contributed by atoms with van der Waals surface area (Å²) in [4.78, 5) is 2.14. The quantitative estimate of drug-likeness (QED) is 0.927. The molecule has 0 amide bonds. The molecule has 0 spiro atoms. The van der Waals surface area contributed by atoms with E-state index in [1.165, 1.54) is 4.88 Å². The van der Waals surface area contributed by atoms with Crippen LogP contribution in [0.1, 0.15) is 15.9 Å². The molecule has 4 heteroatoms. The number of thiophene rings is 1. The van der Waals surface area contributed by atoms with Crippen molar-refractivity contribution in [3.63, 3.8) is 0 Å². The number of rotatable bonds is 4. The largest absolute Gasteiger partial charge is 0.490 e. The molecule has 1 atom stereocenters. The molecule has 0 fully saturated rings. The van der Waals surface area contributed by atoms with Crippen LogP contribution in [0.15, 0.2) is 40.9 Å². The molecule has 1 N–H and O–H groups in total. The summed E-state index contributed by atoms with van der Waals surface area (Å²) in [6, 6.07) is 11.5. The van der Waals surface area contributed by atoms with Gasteiger partial charge < -0.3 is 9.84 Å². The van der Waals surface area contributed by atoms with Crippen molar-refractivity contribution in [1.29, 1.82) is 0 Å². The van der Waals surface area contributed by atoms with Crippen molar-refractivity contribution in [2.24, 2.45) is 0 Å². The van der Waals surface area contributed by atoms with Crippen LogP contribution >= 0.6 is 27.3 Å². The molecule has 0 aliphatic heterocycles. The number of hydrogen-bond acceptors (Lipinski definition) is 3. The second-order valence-electron chi connectivity index (χ2n) is 3.73. The summed E-state index contributed by atoms with van der Waals surface area (Å²) in [5.74, 6) is 0.764. The van der Waals surface area contributed by atoms with Gasteiger partial charge in [-0.25, -0.2) is 0 Å². The summed E-state index contributed by atoms with van der Waals surface area (Å²) in [5, 5.41) is 9.93. The topological polar surface area (TPSA) is 29.5 Å². The van der Waals surface area contributed by atoms with Gasteiger partial charge in [-0.1, -0.05) is 15.9 Å². The molecule has 2 nitrogen and oxygen atoms in total. The summed E-state index contributed by atoms with van der Waals surface area (Å²) in [6.45, 7) is 2.30. The predicted octanol–water partition coefficient (Wildman–Crippen LogP) is 3.93. The number of hydrogen-bond donors (Lipinski definition) is 1. The third kappa shape index (κ3) is 3.56. The van der Waals surface area contributed by atoms with Crippen LogP contribution in [0.5, 0.6) is 5.75 Å². The van der Waals surface area contributed by atoms with Crippen LogP contribution in [-0.2, 0) is 0 Å². The first-order valence-corrected chi connectivity index (χ1v) is 6.89. The van der Waals surface area contributed by atoms with Crippen LogP contribution in [0.4, 0.5) is 0 Å². The van der Waals surface area contributed by atoms with E-state index >= 15 is 0 Å². The predicted molar refractivity (Wildman–Crippen MR) is 73.7 cm³/mol. The molecule has 1 unspecified atom stereocenters. The van der Waals surface area contributed by atoms with Crippen LogP contribution in [0.2, 0.25) is 0 Å². The van der Waals surface area contributed by atoms with E-state index in [0.29, 0.717) is 0 Å². The van der Waals surface area contributed by atoms with Gasteiger partial charge in [0, 0.05) is 14.2 Å². The molecule has 0 bridgehead atoms. The van der Waals surface area contributed by atoms with E-state index in [2.05, 4.69) is 15.9 Å². The van der Waals surface area contributed by atoms with Crippen LogP contribution in [-0.4, -0.2) is 11.7 Å². The van der Waals surface area contributed by atoms with Crippen molar-refractivity contribution in [3.8, 4) is 5.75 Å². The van der Waals surface area contributed by atoms with E-state index in [0.717, 1.165) is 15.1 Å². The SMILES string of the molecule is Cc1ccc(C(O)COc2ccc(Br)cc2)s1. The summed E-state index contributed by atoms with van der Waals surface area (Å²) >= 11 is 4.96. The van der Waals surface area contributed by atoms with Gasteiger partial charge in [0.05, 0.1) is 0 Å². The van der Waals surface area contributed by atoms with Gasteiger partial charge in [-0.05, 0) is 43.3 Å². The maximum Gasteiger partial charge on any atom is 0.122 e. The highest BCUT2D eigenvalue weighted by Gasteiger charge is 2.10. The molecule has 0 saturated carbocycles. The normalized spacial score (nSPS) is 12.4. The Morgan fingerprint density at radius 3 is 2.53 bits per heavy atom. The van der Waals surface area contributed by atoms with E-state index < -0.39 is 6.10 Å². The smallest absolute Gasteiger partial charge is 0.122 e. The molecule has 0 aliphatic rings. The second-order valence-corrected chi connectivity index (χ2v) is 5.96. The van der Waals surface area contributed by atoms with E-state index in [1.807, 2.05) is 43.3 Å². The van der Waals surface area contributed by atoms with Crippen LogP contribution in [0.25, 0.3) is 0 Å². The Labute approximate surface area is 113 Å². The third-order valence-corrected chi connectivity index (χ3v) is 3.94. The molecule has 0 saturated heterocycles. The number of benzene rings is 1. The molecule has 17 heavy (non-hydrogen) atoms. The fourth-order valence-electron chi connectivity index (χ4n) is 1.42. The average molecular weight is 313 g/mol. The monoisotopic (exact) mass is 312 g/mol. The molecule has 2 aromatic rings. The minimum absolute atomic E-state index is 0.279. The van der Waals surface area contributed by atoms with Gasteiger partial charge in [-0.3, -0.25) is 0 Å². The molecule has 1 aromatic carbocycles. The van der Waals surface area contributed by atoms with E-state index in [-0.39, 0.29) is 6.61 Å². The van der Waals surface area contributed by atoms with E-state index in [4.69, 9.17) is 4.74 Å². The van der Waals surface area contributed by atoms with Crippen molar-refractivity contribution >= 4 is 27.3 Å². The van der Waals surface area contributed by atoms with Gasteiger partial charge in [0.15, 0.2) is 0 Å². The fourth-order valence-corrected chi connectivity index (χ4v) is 2.53. The first-order chi connectivity index (χ1) is 8.15. The summed E-state index contributed by atoms with van der Waals surface area (Å²) in [5.41, 5.74) is 0. The Kier molecular flexibility index (Phi) is 4.20. The molecule has 90 valence electrons. The van der Waals surface area contributed by atoms with Gasteiger partial charge in [0.25, 0.3) is 0 Å². The lowest BCUT2D eigenvalue weighted by Gasteiger charge is -2.10. The zero-order chi connectivity index (χ0) is 12.3. The van der Waals surface area contributed by atoms with Gasteiger partial charge in [0.1, 0.15) is 18.5 Å². The van der Waals surface area contributed by atoms with Crippen molar-refractivity contribution in [3.05, 3.63) is 50.6 Å². The second kappa shape index (κ2) is 5.67. The first-order valence-electron chi connectivity index (χ1n) is 5.28. The maximum atomic E-state index is 9.93. The molecular formula is C13H13BrO2S. The third-order valence-electron chi connectivity index (χ3n) is 2.31. The molecular weight excluding hydrogens is 300 g/mol. The molecule has 1 heterocycles. The van der Waals surface area contributed by atoms with E-state index in [1.54, 1.807) is 11.3 Å². The summed E-state index contributed by atoms with van der Waals surface area (Å²) in [6.07, 6.45) is -0.558. The minimum atomic E-state index is -0.558. The highest BCUT2D eigenvalue weighted by atomic mass is 79.9. The van der Waals surface area contributed by atoms with Gasteiger partial charge in [-0.2, -0.15) is 0 Å². The number of aryl methyl sites for hydroxylation is 1. The number of aliphatic hydroxyl groups excluding tert-OH is 1. The first kappa shape index (κ1) is 12.6. The molecule has 0 radical (unpaired) electrons. The van der Waals surface area contributed by atoms with E-state index in [9.17, 15) is 5.11 Å². The Hall–Kier alpha value is -0.840. The lowest BCUT2D eigenvalue weighted by atomic mass is 10.3.